The average Bonchev–Trinajstić information content (AvgIpc) is 2.76. The molecule has 4 rings (SSSR count). The fourth-order valence-electron chi connectivity index (χ4n) is 3.57. The Balaban J connectivity index is 1.44. The first-order valence-electron chi connectivity index (χ1n) is 10.3. The molecular weight excluding hydrogens is 374 g/mol. The Kier molecular flexibility index (Phi) is 6.00. The van der Waals surface area contributed by atoms with Crippen LogP contribution in [0.2, 0.25) is 0 Å². The van der Waals surface area contributed by atoms with Gasteiger partial charge < -0.3 is 19.9 Å². The molecule has 1 aliphatic rings. The molecule has 0 aliphatic carbocycles. The van der Waals surface area contributed by atoms with Crippen LogP contribution in [0, 0.1) is 6.92 Å². The summed E-state index contributed by atoms with van der Waals surface area (Å²) in [7, 11) is 2.15. The molecule has 1 heterocycles. The van der Waals surface area contributed by atoms with E-state index in [1.54, 1.807) is 12.1 Å². The molecule has 5 heteroatoms. The number of amides is 1. The molecule has 0 spiro atoms. The van der Waals surface area contributed by atoms with E-state index in [1.807, 2.05) is 55.5 Å². The standard InChI is InChI=1S/C25H27N3O2/c1-19-17-21(28-15-13-27(2)14-16-28)11-12-24(19)26-25(29)20-7-6-10-23(18-20)30-22-8-4-3-5-9-22/h3-12,17-18H,13-16H2,1-2H3,(H,26,29). The maximum absolute atomic E-state index is 12.8. The van der Waals surface area contributed by atoms with Crippen molar-refractivity contribution in [3.05, 3.63) is 83.9 Å². The summed E-state index contributed by atoms with van der Waals surface area (Å²) < 4.78 is 5.84. The molecule has 1 amide bonds. The van der Waals surface area contributed by atoms with Gasteiger partial charge in [0.1, 0.15) is 11.5 Å². The van der Waals surface area contributed by atoms with Gasteiger partial charge in [-0.3, -0.25) is 4.79 Å². The number of benzene rings is 3. The van der Waals surface area contributed by atoms with Crippen molar-refractivity contribution in [2.45, 2.75) is 6.92 Å². The molecule has 3 aromatic rings. The number of para-hydroxylation sites is 1. The van der Waals surface area contributed by atoms with Crippen LogP contribution in [0.4, 0.5) is 11.4 Å². The SMILES string of the molecule is Cc1cc(N2CCN(C)CC2)ccc1NC(=O)c1cccc(Oc2ccccc2)c1. The Morgan fingerprint density at radius 3 is 2.33 bits per heavy atom. The van der Waals surface area contributed by atoms with Crippen LogP contribution in [0.1, 0.15) is 15.9 Å². The highest BCUT2D eigenvalue weighted by atomic mass is 16.5. The molecule has 0 bridgehead atoms. The minimum absolute atomic E-state index is 0.149. The molecule has 1 aliphatic heterocycles. The number of anilines is 2. The lowest BCUT2D eigenvalue weighted by atomic mass is 10.1. The zero-order valence-corrected chi connectivity index (χ0v) is 17.5. The maximum Gasteiger partial charge on any atom is 0.255 e. The van der Waals surface area contributed by atoms with Gasteiger partial charge in [-0.15, -0.1) is 0 Å². The number of rotatable bonds is 5. The fraction of sp³-hybridized carbons (Fsp3) is 0.240. The van der Waals surface area contributed by atoms with Crippen molar-refractivity contribution < 1.29 is 9.53 Å². The summed E-state index contributed by atoms with van der Waals surface area (Å²) in [6.45, 7) is 6.22. The number of carbonyl (C=O) groups is 1. The molecule has 154 valence electrons. The second-order valence-electron chi connectivity index (χ2n) is 7.69. The van der Waals surface area contributed by atoms with Crippen LogP contribution >= 0.6 is 0 Å². The summed E-state index contributed by atoms with van der Waals surface area (Å²) >= 11 is 0. The molecule has 30 heavy (non-hydrogen) atoms. The van der Waals surface area contributed by atoms with Crippen LogP contribution in [0.25, 0.3) is 0 Å². The van der Waals surface area contributed by atoms with Crippen LogP contribution in [0.5, 0.6) is 11.5 Å². The Hall–Kier alpha value is -3.31. The number of hydrogen-bond acceptors (Lipinski definition) is 4. The molecule has 0 radical (unpaired) electrons. The van der Waals surface area contributed by atoms with Crippen LogP contribution in [0.3, 0.4) is 0 Å². The molecule has 1 N–H and O–H groups in total. The van der Waals surface area contributed by atoms with Crippen molar-refractivity contribution in [2.24, 2.45) is 0 Å². The van der Waals surface area contributed by atoms with Gasteiger partial charge in [0.05, 0.1) is 0 Å². The largest absolute Gasteiger partial charge is 0.457 e. The monoisotopic (exact) mass is 401 g/mol. The number of nitrogens with one attached hydrogen (secondary N) is 1. The number of aryl methyl sites for hydroxylation is 1. The Morgan fingerprint density at radius 1 is 0.867 bits per heavy atom. The van der Waals surface area contributed by atoms with Gasteiger partial charge in [0.15, 0.2) is 0 Å². The van der Waals surface area contributed by atoms with Gasteiger partial charge in [-0.25, -0.2) is 0 Å². The molecule has 5 nitrogen and oxygen atoms in total. The van der Waals surface area contributed by atoms with Crippen molar-refractivity contribution in [1.82, 2.24) is 4.90 Å². The average molecular weight is 402 g/mol. The van der Waals surface area contributed by atoms with Gasteiger partial charge in [-0.05, 0) is 68.1 Å². The van der Waals surface area contributed by atoms with Crippen molar-refractivity contribution in [1.29, 1.82) is 0 Å². The van der Waals surface area contributed by atoms with E-state index in [1.165, 1.54) is 5.69 Å². The summed E-state index contributed by atoms with van der Waals surface area (Å²) in [6.07, 6.45) is 0. The highest BCUT2D eigenvalue weighted by Crippen LogP contribution is 2.25. The summed E-state index contributed by atoms with van der Waals surface area (Å²) in [5.41, 5.74) is 3.64. The summed E-state index contributed by atoms with van der Waals surface area (Å²) in [5, 5.41) is 3.03. The first-order valence-corrected chi connectivity index (χ1v) is 10.3. The van der Waals surface area contributed by atoms with E-state index in [0.717, 1.165) is 43.2 Å². The minimum Gasteiger partial charge on any atom is -0.457 e. The summed E-state index contributed by atoms with van der Waals surface area (Å²) in [4.78, 5) is 17.5. The first-order chi connectivity index (χ1) is 14.6. The van der Waals surface area contributed by atoms with E-state index in [9.17, 15) is 4.79 Å². The maximum atomic E-state index is 12.8. The molecule has 0 saturated carbocycles. The van der Waals surface area contributed by atoms with E-state index in [4.69, 9.17) is 4.74 Å². The topological polar surface area (TPSA) is 44.8 Å². The Morgan fingerprint density at radius 2 is 1.60 bits per heavy atom. The zero-order chi connectivity index (χ0) is 20.9. The third-order valence-corrected chi connectivity index (χ3v) is 5.40. The van der Waals surface area contributed by atoms with Crippen LogP contribution in [-0.2, 0) is 0 Å². The highest BCUT2D eigenvalue weighted by Gasteiger charge is 2.15. The molecule has 0 unspecified atom stereocenters. The molecule has 1 fully saturated rings. The van der Waals surface area contributed by atoms with Gasteiger partial charge in [0.2, 0.25) is 0 Å². The Labute approximate surface area is 177 Å². The molecule has 0 aromatic heterocycles. The van der Waals surface area contributed by atoms with E-state index in [2.05, 4.69) is 34.3 Å². The summed E-state index contributed by atoms with van der Waals surface area (Å²) in [6, 6.07) is 23.0. The first kappa shape index (κ1) is 20.0. The predicted molar refractivity (Wildman–Crippen MR) is 122 cm³/mol. The second-order valence-corrected chi connectivity index (χ2v) is 7.69. The van der Waals surface area contributed by atoms with Crippen LogP contribution in [0.15, 0.2) is 72.8 Å². The van der Waals surface area contributed by atoms with Crippen molar-refractivity contribution in [3.63, 3.8) is 0 Å². The fourth-order valence-corrected chi connectivity index (χ4v) is 3.57. The van der Waals surface area contributed by atoms with Gasteiger partial charge in [0.25, 0.3) is 5.91 Å². The van der Waals surface area contributed by atoms with E-state index in [0.29, 0.717) is 11.3 Å². The number of piperazine rings is 1. The minimum atomic E-state index is -0.149. The van der Waals surface area contributed by atoms with E-state index >= 15 is 0 Å². The molecule has 0 atom stereocenters. The van der Waals surface area contributed by atoms with Crippen LogP contribution < -0.4 is 15.0 Å². The smallest absolute Gasteiger partial charge is 0.255 e. The number of hydrogen-bond donors (Lipinski definition) is 1. The van der Waals surface area contributed by atoms with Crippen molar-refractivity contribution in [3.8, 4) is 11.5 Å². The zero-order valence-electron chi connectivity index (χ0n) is 17.5. The molecule has 3 aromatic carbocycles. The number of likely N-dealkylation sites (N-methyl/N-ethyl adjacent to an activating group) is 1. The van der Waals surface area contributed by atoms with E-state index < -0.39 is 0 Å². The summed E-state index contributed by atoms with van der Waals surface area (Å²) in [5.74, 6) is 1.23. The predicted octanol–water partition coefficient (Wildman–Crippen LogP) is 4.79. The number of nitrogens with zero attached hydrogens (tertiary/aromatic N) is 2. The van der Waals surface area contributed by atoms with Crippen LogP contribution in [-0.4, -0.2) is 44.0 Å². The number of ether oxygens (including phenoxy) is 1. The highest BCUT2D eigenvalue weighted by molar-refractivity contribution is 6.05. The number of carbonyl (C=O) groups excluding carboxylic acids is 1. The quantitative estimate of drug-likeness (QED) is 0.668. The van der Waals surface area contributed by atoms with Gasteiger partial charge in [-0.1, -0.05) is 24.3 Å². The van der Waals surface area contributed by atoms with Crippen molar-refractivity contribution in [2.75, 3.05) is 43.4 Å². The third kappa shape index (κ3) is 4.81. The van der Waals surface area contributed by atoms with Gasteiger partial charge in [0, 0.05) is 43.1 Å². The normalized spacial score (nSPS) is 14.4. The lowest BCUT2D eigenvalue weighted by Gasteiger charge is -2.34. The molecule has 1 saturated heterocycles. The lowest BCUT2D eigenvalue weighted by Crippen LogP contribution is -2.44. The van der Waals surface area contributed by atoms with Crippen molar-refractivity contribution >= 4 is 17.3 Å². The third-order valence-electron chi connectivity index (χ3n) is 5.40. The molecular formula is C25H27N3O2. The Bertz CT molecular complexity index is 1010. The van der Waals surface area contributed by atoms with Gasteiger partial charge >= 0.3 is 0 Å². The van der Waals surface area contributed by atoms with E-state index in [-0.39, 0.29) is 5.91 Å². The van der Waals surface area contributed by atoms with Gasteiger partial charge in [-0.2, -0.15) is 0 Å². The second kappa shape index (κ2) is 9.01. The lowest BCUT2D eigenvalue weighted by molar-refractivity contribution is 0.102.